The molecule has 0 amide bonds. The minimum atomic E-state index is -0.654. The number of nitrogens with one attached hydrogen (secondary N) is 1. The fraction of sp³-hybridized carbons (Fsp3) is 0.273. The zero-order valence-electron chi connectivity index (χ0n) is 18.5. The number of carbonyl (C=O) groups excluding carboxylic acids is 1. The normalized spacial score (nSPS) is 11.3. The maximum Gasteiger partial charge on any atom is 0.362 e. The molecule has 11 nitrogen and oxygen atoms in total. The van der Waals surface area contributed by atoms with Crippen molar-refractivity contribution in [3.63, 3.8) is 0 Å². The molecule has 11 heteroatoms. The van der Waals surface area contributed by atoms with Gasteiger partial charge in [0.1, 0.15) is 5.75 Å². The van der Waals surface area contributed by atoms with Gasteiger partial charge in [-0.05, 0) is 32.4 Å². The summed E-state index contributed by atoms with van der Waals surface area (Å²) >= 11 is 0. The van der Waals surface area contributed by atoms with Gasteiger partial charge in [0.2, 0.25) is 5.69 Å². The summed E-state index contributed by atoms with van der Waals surface area (Å²) in [6, 6.07) is 15.1. The van der Waals surface area contributed by atoms with E-state index in [-0.39, 0.29) is 41.6 Å². The van der Waals surface area contributed by atoms with Gasteiger partial charge in [0, 0.05) is 12.1 Å². The highest BCUT2D eigenvalue weighted by Gasteiger charge is 2.23. The molecule has 0 aliphatic carbocycles. The van der Waals surface area contributed by atoms with Crippen LogP contribution in [0.25, 0.3) is 0 Å². The van der Waals surface area contributed by atoms with Crippen molar-refractivity contribution < 1.29 is 19.2 Å². The van der Waals surface area contributed by atoms with E-state index in [1.165, 1.54) is 22.9 Å². The number of non-ortho nitro benzene ring substituents is 1. The molecule has 3 aromatic rings. The van der Waals surface area contributed by atoms with Gasteiger partial charge in [-0.25, -0.2) is 14.5 Å². The maximum atomic E-state index is 12.5. The molecule has 0 aliphatic heterocycles. The number of nitrogens with zero attached hydrogens (tertiary/aromatic N) is 5. The van der Waals surface area contributed by atoms with E-state index in [2.05, 4.69) is 20.6 Å². The first-order valence-corrected chi connectivity index (χ1v) is 10.3. The maximum absolute atomic E-state index is 12.5. The molecule has 3 rings (SSSR count). The number of ether oxygens (including phenoxy) is 2. The van der Waals surface area contributed by atoms with E-state index in [1.54, 1.807) is 13.0 Å². The first kappa shape index (κ1) is 23.4. The van der Waals surface area contributed by atoms with Gasteiger partial charge in [0.15, 0.2) is 5.82 Å². The van der Waals surface area contributed by atoms with E-state index in [9.17, 15) is 14.9 Å². The summed E-state index contributed by atoms with van der Waals surface area (Å²) in [6.45, 7) is 5.85. The summed E-state index contributed by atoms with van der Waals surface area (Å²) in [5.41, 5.74) is 0.772. The molecule has 0 fully saturated rings. The first-order valence-electron chi connectivity index (χ1n) is 10.3. The summed E-state index contributed by atoms with van der Waals surface area (Å²) < 4.78 is 12.4. The highest BCUT2D eigenvalue weighted by molar-refractivity contribution is 5.98. The standard InChI is InChI=1S/C22H24N6O5/c1-4-32-21(29)19-20(27(26-25-19)14-16-9-6-5-7-10-16)24-22(23-15(2)3)33-18-12-8-11-17(13-18)28(30)31/h5-13,15H,4,14H2,1-3H3,(H,23,24). The number of hydrogen-bond acceptors (Lipinski definition) is 8. The van der Waals surface area contributed by atoms with Gasteiger partial charge in [-0.3, -0.25) is 15.4 Å². The van der Waals surface area contributed by atoms with Crippen molar-refractivity contribution in [1.29, 1.82) is 0 Å². The Morgan fingerprint density at radius 3 is 2.64 bits per heavy atom. The SMILES string of the molecule is CCOC(=O)c1nnn(Cc2ccccc2)c1NC(=NC(C)C)Oc1cccc([N+](=O)[O-])c1. The van der Waals surface area contributed by atoms with Crippen LogP contribution >= 0.6 is 0 Å². The van der Waals surface area contributed by atoms with Gasteiger partial charge in [0.05, 0.1) is 24.1 Å². The number of aliphatic imine (C=N–C) groups is 1. The molecule has 0 saturated carbocycles. The Bertz CT molecular complexity index is 1140. The number of amidine groups is 1. The summed E-state index contributed by atoms with van der Waals surface area (Å²) in [7, 11) is 0. The number of anilines is 1. The van der Waals surface area contributed by atoms with Crippen LogP contribution < -0.4 is 10.1 Å². The van der Waals surface area contributed by atoms with Crippen molar-refractivity contribution in [2.24, 2.45) is 4.99 Å². The van der Waals surface area contributed by atoms with Crippen molar-refractivity contribution in [3.05, 3.63) is 76.0 Å². The molecular weight excluding hydrogens is 428 g/mol. The van der Waals surface area contributed by atoms with Crippen molar-refractivity contribution in [1.82, 2.24) is 15.0 Å². The van der Waals surface area contributed by atoms with E-state index in [4.69, 9.17) is 9.47 Å². The molecule has 33 heavy (non-hydrogen) atoms. The van der Waals surface area contributed by atoms with E-state index in [0.29, 0.717) is 6.54 Å². The number of hydrogen-bond donors (Lipinski definition) is 1. The molecular formula is C22H24N6O5. The Morgan fingerprint density at radius 2 is 1.97 bits per heavy atom. The van der Waals surface area contributed by atoms with Crippen LogP contribution in [0.2, 0.25) is 0 Å². The summed E-state index contributed by atoms with van der Waals surface area (Å²) in [5, 5.41) is 22.2. The second kappa shape index (κ2) is 10.8. The second-order valence-corrected chi connectivity index (χ2v) is 7.16. The van der Waals surface area contributed by atoms with Gasteiger partial charge >= 0.3 is 5.97 Å². The van der Waals surface area contributed by atoms with Crippen LogP contribution in [0.15, 0.2) is 59.6 Å². The molecule has 0 bridgehead atoms. The predicted octanol–water partition coefficient (Wildman–Crippen LogP) is 3.67. The average molecular weight is 452 g/mol. The topological polar surface area (TPSA) is 134 Å². The fourth-order valence-electron chi connectivity index (χ4n) is 2.83. The first-order chi connectivity index (χ1) is 15.9. The molecule has 0 aliphatic rings. The zero-order chi connectivity index (χ0) is 23.8. The zero-order valence-corrected chi connectivity index (χ0v) is 18.5. The third-order valence-electron chi connectivity index (χ3n) is 4.22. The van der Waals surface area contributed by atoms with Crippen LogP contribution in [0.1, 0.15) is 36.8 Å². The number of aromatic nitrogens is 3. The number of carbonyl (C=O) groups is 1. The minimum absolute atomic E-state index is 0.0210. The number of benzene rings is 2. The van der Waals surface area contributed by atoms with Crippen LogP contribution in [0.3, 0.4) is 0 Å². The van der Waals surface area contributed by atoms with E-state index in [1.807, 2.05) is 44.2 Å². The highest BCUT2D eigenvalue weighted by atomic mass is 16.6. The molecule has 0 spiro atoms. The van der Waals surface area contributed by atoms with Gasteiger partial charge in [-0.2, -0.15) is 0 Å². The molecule has 172 valence electrons. The Hall–Kier alpha value is -4.28. The molecule has 1 aromatic heterocycles. The van der Waals surface area contributed by atoms with Gasteiger partial charge in [-0.1, -0.05) is 41.6 Å². The lowest BCUT2D eigenvalue weighted by molar-refractivity contribution is -0.384. The Balaban J connectivity index is 1.96. The fourth-order valence-corrected chi connectivity index (χ4v) is 2.83. The van der Waals surface area contributed by atoms with Crippen molar-refractivity contribution in [2.75, 3.05) is 11.9 Å². The number of rotatable bonds is 8. The third-order valence-corrected chi connectivity index (χ3v) is 4.22. The average Bonchev–Trinajstić information content (AvgIpc) is 3.16. The molecule has 0 saturated heterocycles. The Kier molecular flexibility index (Phi) is 7.68. The number of nitro benzene ring substituents is 1. The number of esters is 1. The molecule has 0 radical (unpaired) electrons. The lowest BCUT2D eigenvalue weighted by Crippen LogP contribution is -2.25. The van der Waals surface area contributed by atoms with Crippen molar-refractivity contribution in [2.45, 2.75) is 33.4 Å². The molecule has 1 heterocycles. The van der Waals surface area contributed by atoms with Crippen LogP contribution in [0, 0.1) is 10.1 Å². The minimum Gasteiger partial charge on any atom is -0.461 e. The monoisotopic (exact) mass is 452 g/mol. The lowest BCUT2D eigenvalue weighted by Gasteiger charge is -2.14. The van der Waals surface area contributed by atoms with E-state index < -0.39 is 10.9 Å². The lowest BCUT2D eigenvalue weighted by atomic mass is 10.2. The summed E-state index contributed by atoms with van der Waals surface area (Å²) in [6.07, 6.45) is 0. The Labute approximate surface area is 190 Å². The highest BCUT2D eigenvalue weighted by Crippen LogP contribution is 2.21. The number of nitro groups is 1. The van der Waals surface area contributed by atoms with Crippen LogP contribution in [0.5, 0.6) is 5.75 Å². The van der Waals surface area contributed by atoms with Crippen molar-refractivity contribution >= 4 is 23.5 Å². The van der Waals surface area contributed by atoms with Gasteiger partial charge < -0.3 is 9.47 Å². The second-order valence-electron chi connectivity index (χ2n) is 7.16. The molecule has 1 N–H and O–H groups in total. The van der Waals surface area contributed by atoms with Gasteiger partial charge in [-0.15, -0.1) is 5.10 Å². The van der Waals surface area contributed by atoms with Crippen molar-refractivity contribution in [3.8, 4) is 5.75 Å². The third kappa shape index (κ3) is 6.35. The van der Waals surface area contributed by atoms with E-state index in [0.717, 1.165) is 5.56 Å². The molecule has 0 atom stereocenters. The molecule has 0 unspecified atom stereocenters. The predicted molar refractivity (Wildman–Crippen MR) is 121 cm³/mol. The molecule has 2 aromatic carbocycles. The quantitative estimate of drug-likeness (QED) is 0.180. The van der Waals surface area contributed by atoms with Crippen LogP contribution in [-0.4, -0.2) is 44.6 Å². The smallest absolute Gasteiger partial charge is 0.362 e. The van der Waals surface area contributed by atoms with Gasteiger partial charge in [0.25, 0.3) is 11.7 Å². The summed E-state index contributed by atoms with van der Waals surface area (Å²) in [5.74, 6) is -0.225. The van der Waals surface area contributed by atoms with E-state index >= 15 is 0 Å². The summed E-state index contributed by atoms with van der Waals surface area (Å²) in [4.78, 5) is 27.5. The Morgan fingerprint density at radius 1 is 1.21 bits per heavy atom. The van der Waals surface area contributed by atoms with Crippen LogP contribution in [0.4, 0.5) is 11.5 Å². The largest absolute Gasteiger partial charge is 0.461 e. The van der Waals surface area contributed by atoms with Crippen LogP contribution in [-0.2, 0) is 11.3 Å².